The Morgan fingerprint density at radius 2 is 1.90 bits per heavy atom. The fourth-order valence-electron chi connectivity index (χ4n) is 3.97. The Morgan fingerprint density at radius 1 is 1.13 bits per heavy atom. The second-order valence-corrected chi connectivity index (χ2v) is 8.07. The van der Waals surface area contributed by atoms with Crippen LogP contribution in [0.4, 0.5) is 13.2 Å². The second kappa shape index (κ2) is 7.30. The summed E-state index contributed by atoms with van der Waals surface area (Å²) in [5.41, 5.74) is 0.449. The van der Waals surface area contributed by atoms with Crippen molar-refractivity contribution in [3.63, 3.8) is 0 Å². The zero-order chi connectivity index (χ0) is 21.6. The molecule has 4 heterocycles. The van der Waals surface area contributed by atoms with Crippen LogP contribution in [0.1, 0.15) is 58.8 Å². The smallest absolute Gasteiger partial charge is 0.381 e. The predicted octanol–water partition coefficient (Wildman–Crippen LogP) is 3.46. The van der Waals surface area contributed by atoms with Crippen molar-refractivity contribution < 1.29 is 22.7 Å². The molecule has 162 valence electrons. The highest BCUT2D eigenvalue weighted by Crippen LogP contribution is 2.39. The van der Waals surface area contributed by atoms with Gasteiger partial charge in [-0.25, -0.2) is 9.50 Å². The fraction of sp³-hybridized carbons (Fsp3) is 0.429. The van der Waals surface area contributed by atoms with Crippen LogP contribution in [-0.4, -0.2) is 38.7 Å². The first-order valence-electron chi connectivity index (χ1n) is 10.1. The summed E-state index contributed by atoms with van der Waals surface area (Å²) in [4.78, 5) is 21.6. The zero-order valence-electron chi connectivity index (χ0n) is 16.5. The number of carbonyl (C=O) groups is 1. The van der Waals surface area contributed by atoms with Gasteiger partial charge in [0.25, 0.3) is 5.91 Å². The number of hydrogen-bond acceptors (Lipinski definition) is 5. The van der Waals surface area contributed by atoms with E-state index < -0.39 is 23.2 Å². The maximum Gasteiger partial charge on any atom is 0.417 e. The first-order valence-corrected chi connectivity index (χ1v) is 10.1. The number of fused-ring (bicyclic) bond motifs is 1. The highest BCUT2D eigenvalue weighted by molar-refractivity contribution is 6.00. The molecule has 0 spiro atoms. The van der Waals surface area contributed by atoms with Gasteiger partial charge < -0.3 is 10.1 Å². The summed E-state index contributed by atoms with van der Waals surface area (Å²) in [6.07, 6.45) is 4.51. The highest BCUT2D eigenvalue weighted by atomic mass is 19.4. The number of ether oxygens (including phenoxy) is 1. The van der Waals surface area contributed by atoms with Crippen molar-refractivity contribution in [2.45, 2.75) is 43.3 Å². The molecular formula is C21H20F3N5O2. The molecule has 0 bridgehead atoms. The Kier molecular flexibility index (Phi) is 4.69. The van der Waals surface area contributed by atoms with Crippen LogP contribution in [0.15, 0.2) is 36.9 Å². The van der Waals surface area contributed by atoms with Crippen molar-refractivity contribution in [1.82, 2.24) is 24.9 Å². The molecule has 0 atom stereocenters. The molecule has 3 aromatic heterocycles. The number of pyridine rings is 1. The van der Waals surface area contributed by atoms with Crippen LogP contribution >= 0.6 is 0 Å². The summed E-state index contributed by atoms with van der Waals surface area (Å²) in [6, 6.07) is 2.31. The van der Waals surface area contributed by atoms with Gasteiger partial charge in [-0.2, -0.15) is 18.3 Å². The Labute approximate surface area is 175 Å². The first kappa shape index (κ1) is 19.9. The Morgan fingerprint density at radius 3 is 2.55 bits per heavy atom. The lowest BCUT2D eigenvalue weighted by atomic mass is 9.85. The number of alkyl halides is 3. The van der Waals surface area contributed by atoms with Crippen molar-refractivity contribution >= 4 is 11.6 Å². The molecule has 1 N–H and O–H groups in total. The lowest BCUT2D eigenvalue weighted by Crippen LogP contribution is -2.50. The zero-order valence-corrected chi connectivity index (χ0v) is 16.5. The molecule has 2 aliphatic rings. The minimum Gasteiger partial charge on any atom is -0.381 e. The number of aromatic nitrogens is 4. The van der Waals surface area contributed by atoms with Crippen LogP contribution < -0.4 is 5.32 Å². The number of carbonyl (C=O) groups excluding carboxylic acids is 1. The molecule has 10 heteroatoms. The molecule has 5 rings (SSSR count). The molecule has 0 radical (unpaired) electrons. The number of amides is 1. The quantitative estimate of drug-likeness (QED) is 0.684. The summed E-state index contributed by atoms with van der Waals surface area (Å²) >= 11 is 0. The van der Waals surface area contributed by atoms with Crippen LogP contribution in [0.2, 0.25) is 0 Å². The van der Waals surface area contributed by atoms with Crippen molar-refractivity contribution in [2.24, 2.45) is 0 Å². The SMILES string of the molecule is O=C(NC1(c2ccc(C(F)(F)F)cn2)CCOCC1)c1cnn2cc(C3CC3)cnc12. The lowest BCUT2D eigenvalue weighted by molar-refractivity contribution is -0.137. The lowest BCUT2D eigenvalue weighted by Gasteiger charge is -2.37. The van der Waals surface area contributed by atoms with Gasteiger partial charge in [0.1, 0.15) is 5.56 Å². The minimum absolute atomic E-state index is 0.306. The largest absolute Gasteiger partial charge is 0.417 e. The standard InChI is InChI=1S/C21H20F3N5O2/c22-21(23,24)15-3-4-17(25-10-15)20(5-7-31-8-6-20)28-19(30)16-11-27-29-12-14(13-1-2-13)9-26-18(16)29/h3-4,9-13H,1-2,5-8H2,(H,28,30). The average Bonchev–Trinajstić information content (AvgIpc) is 3.52. The average molecular weight is 431 g/mol. The van der Waals surface area contributed by atoms with E-state index in [1.54, 1.807) is 10.7 Å². The van der Waals surface area contributed by atoms with Crippen LogP contribution in [0.5, 0.6) is 0 Å². The summed E-state index contributed by atoms with van der Waals surface area (Å²) in [6.45, 7) is 0.724. The van der Waals surface area contributed by atoms with Crippen LogP contribution in [0.25, 0.3) is 5.65 Å². The van der Waals surface area contributed by atoms with E-state index in [-0.39, 0.29) is 0 Å². The van der Waals surface area contributed by atoms with E-state index in [4.69, 9.17) is 4.74 Å². The van der Waals surface area contributed by atoms with Crippen LogP contribution in [0.3, 0.4) is 0 Å². The van der Waals surface area contributed by atoms with E-state index in [0.29, 0.717) is 48.9 Å². The normalized spacial score (nSPS) is 18.8. The van der Waals surface area contributed by atoms with E-state index in [0.717, 1.165) is 30.7 Å². The van der Waals surface area contributed by atoms with Gasteiger partial charge in [0.05, 0.1) is 23.0 Å². The van der Waals surface area contributed by atoms with Gasteiger partial charge in [-0.3, -0.25) is 9.78 Å². The number of nitrogens with one attached hydrogen (secondary N) is 1. The molecule has 7 nitrogen and oxygen atoms in total. The maximum atomic E-state index is 13.2. The Bertz CT molecular complexity index is 1120. The fourth-order valence-corrected chi connectivity index (χ4v) is 3.97. The highest BCUT2D eigenvalue weighted by Gasteiger charge is 2.39. The van der Waals surface area contributed by atoms with Crippen LogP contribution in [0, 0.1) is 0 Å². The van der Waals surface area contributed by atoms with Gasteiger partial charge in [0.2, 0.25) is 0 Å². The van der Waals surface area contributed by atoms with Crippen molar-refractivity contribution in [2.75, 3.05) is 13.2 Å². The summed E-state index contributed by atoms with van der Waals surface area (Å²) < 4.78 is 45.8. The van der Waals surface area contributed by atoms with Gasteiger partial charge in [-0.05, 0) is 49.3 Å². The summed E-state index contributed by atoms with van der Waals surface area (Å²) in [7, 11) is 0. The number of rotatable bonds is 4. The van der Waals surface area contributed by atoms with Crippen molar-refractivity contribution in [1.29, 1.82) is 0 Å². The molecule has 31 heavy (non-hydrogen) atoms. The Balaban J connectivity index is 1.44. The molecule has 0 aromatic carbocycles. The van der Waals surface area contributed by atoms with E-state index in [2.05, 4.69) is 20.4 Å². The van der Waals surface area contributed by atoms with E-state index in [1.165, 1.54) is 12.3 Å². The monoisotopic (exact) mass is 431 g/mol. The Hall–Kier alpha value is -3.01. The molecule has 3 aromatic rings. The second-order valence-electron chi connectivity index (χ2n) is 8.07. The molecule has 1 aliphatic heterocycles. The van der Waals surface area contributed by atoms with Gasteiger partial charge in [0, 0.05) is 31.8 Å². The topological polar surface area (TPSA) is 81.4 Å². The molecule has 0 unspecified atom stereocenters. The van der Waals surface area contributed by atoms with E-state index in [1.807, 2.05) is 6.20 Å². The van der Waals surface area contributed by atoms with Gasteiger partial charge in [0.15, 0.2) is 5.65 Å². The minimum atomic E-state index is -4.47. The third-order valence-electron chi connectivity index (χ3n) is 5.95. The molecule has 1 aliphatic carbocycles. The molecule has 2 fully saturated rings. The van der Waals surface area contributed by atoms with Crippen molar-refractivity contribution in [3.05, 3.63) is 59.3 Å². The summed E-state index contributed by atoms with van der Waals surface area (Å²) in [5.74, 6) is 0.111. The maximum absolute atomic E-state index is 13.2. The third-order valence-corrected chi connectivity index (χ3v) is 5.95. The van der Waals surface area contributed by atoms with Gasteiger partial charge in [-0.15, -0.1) is 0 Å². The van der Waals surface area contributed by atoms with E-state index in [9.17, 15) is 18.0 Å². The molecular weight excluding hydrogens is 411 g/mol. The molecule has 1 saturated carbocycles. The first-order chi connectivity index (χ1) is 14.9. The molecule has 1 amide bonds. The van der Waals surface area contributed by atoms with Crippen LogP contribution in [-0.2, 0) is 16.5 Å². The number of hydrogen-bond donors (Lipinski definition) is 1. The third kappa shape index (κ3) is 3.76. The number of halogens is 3. The molecule has 1 saturated heterocycles. The summed E-state index contributed by atoms with van der Waals surface area (Å²) in [5, 5.41) is 7.26. The van der Waals surface area contributed by atoms with Gasteiger partial charge >= 0.3 is 6.18 Å². The van der Waals surface area contributed by atoms with Crippen molar-refractivity contribution in [3.8, 4) is 0 Å². The van der Waals surface area contributed by atoms with E-state index >= 15 is 0 Å². The van der Waals surface area contributed by atoms with Gasteiger partial charge in [-0.1, -0.05) is 0 Å². The number of nitrogens with zero attached hydrogens (tertiary/aromatic N) is 4. The predicted molar refractivity (Wildman–Crippen MR) is 103 cm³/mol.